The summed E-state index contributed by atoms with van der Waals surface area (Å²) < 4.78 is 2.11. The number of carbonyl (C=O) groups is 2. The van der Waals surface area contributed by atoms with Crippen LogP contribution in [0.4, 0.5) is 0 Å². The summed E-state index contributed by atoms with van der Waals surface area (Å²) in [4.78, 5) is 25.3. The van der Waals surface area contributed by atoms with E-state index in [-0.39, 0.29) is 11.9 Å². The summed E-state index contributed by atoms with van der Waals surface area (Å²) in [5.74, 6) is -1.07. The van der Waals surface area contributed by atoms with Crippen molar-refractivity contribution in [1.29, 1.82) is 0 Å². The fourth-order valence-electron chi connectivity index (χ4n) is 3.21. The van der Waals surface area contributed by atoms with Gasteiger partial charge in [0.1, 0.15) is 6.04 Å². The highest BCUT2D eigenvalue weighted by Crippen LogP contribution is 2.25. The number of aromatic nitrogens is 1. The van der Waals surface area contributed by atoms with E-state index in [9.17, 15) is 14.7 Å². The summed E-state index contributed by atoms with van der Waals surface area (Å²) in [7, 11) is 0. The molecular weight excluding hydrogens is 256 g/mol. The molecule has 110 valence electrons. The maximum absolute atomic E-state index is 12.6. The van der Waals surface area contributed by atoms with Gasteiger partial charge in [-0.25, -0.2) is 4.79 Å². The molecule has 0 saturated carbocycles. The Kier molecular flexibility index (Phi) is 3.88. The molecule has 0 aromatic carbocycles. The van der Waals surface area contributed by atoms with Crippen LogP contribution in [0.2, 0.25) is 0 Å². The quantitative estimate of drug-likeness (QED) is 0.923. The maximum Gasteiger partial charge on any atom is 0.326 e. The molecule has 1 amide bonds. The zero-order valence-corrected chi connectivity index (χ0v) is 12.5. The van der Waals surface area contributed by atoms with Crippen molar-refractivity contribution in [3.63, 3.8) is 0 Å². The van der Waals surface area contributed by atoms with Gasteiger partial charge >= 0.3 is 5.97 Å². The molecule has 5 nitrogen and oxygen atoms in total. The van der Waals surface area contributed by atoms with E-state index < -0.39 is 12.0 Å². The average Bonchev–Trinajstić information content (AvgIpc) is 2.93. The Morgan fingerprint density at radius 3 is 2.50 bits per heavy atom. The van der Waals surface area contributed by atoms with Gasteiger partial charge in [-0.1, -0.05) is 0 Å². The number of carboxylic acid groups (broad SMARTS) is 1. The summed E-state index contributed by atoms with van der Waals surface area (Å²) in [6.45, 7) is 8.57. The van der Waals surface area contributed by atoms with Crippen molar-refractivity contribution >= 4 is 11.9 Å². The van der Waals surface area contributed by atoms with Crippen LogP contribution in [0.3, 0.4) is 0 Å². The first-order valence-electron chi connectivity index (χ1n) is 7.06. The highest BCUT2D eigenvalue weighted by molar-refractivity contribution is 5.98. The Morgan fingerprint density at radius 1 is 1.35 bits per heavy atom. The van der Waals surface area contributed by atoms with Crippen LogP contribution in [0, 0.1) is 13.8 Å². The second kappa shape index (κ2) is 5.31. The Balaban J connectivity index is 2.35. The Labute approximate surface area is 119 Å². The number of aliphatic carboxylic acids is 1. The summed E-state index contributed by atoms with van der Waals surface area (Å²) >= 11 is 0. The molecule has 0 radical (unpaired) electrons. The first-order chi connectivity index (χ1) is 9.34. The molecule has 0 bridgehead atoms. The molecule has 0 unspecified atom stereocenters. The van der Waals surface area contributed by atoms with Crippen LogP contribution in [-0.4, -0.2) is 39.0 Å². The SMILES string of the molecule is Cc1cc(C(=O)N2CCC[C@H]2C(=O)O)c(C)n1C(C)C. The van der Waals surface area contributed by atoms with Crippen molar-refractivity contribution in [3.8, 4) is 0 Å². The van der Waals surface area contributed by atoms with E-state index in [2.05, 4.69) is 18.4 Å². The normalized spacial score (nSPS) is 18.9. The van der Waals surface area contributed by atoms with Gasteiger partial charge in [0.15, 0.2) is 0 Å². The first-order valence-corrected chi connectivity index (χ1v) is 7.06. The number of carbonyl (C=O) groups excluding carboxylic acids is 1. The van der Waals surface area contributed by atoms with Gasteiger partial charge < -0.3 is 14.6 Å². The number of carboxylic acids is 1. The van der Waals surface area contributed by atoms with Gasteiger partial charge in [-0.3, -0.25) is 4.79 Å². The van der Waals surface area contributed by atoms with Crippen molar-refractivity contribution in [3.05, 3.63) is 23.0 Å². The minimum absolute atomic E-state index is 0.157. The number of hydrogen-bond donors (Lipinski definition) is 1. The van der Waals surface area contributed by atoms with Crippen LogP contribution in [0.5, 0.6) is 0 Å². The molecule has 0 aliphatic carbocycles. The largest absolute Gasteiger partial charge is 0.480 e. The van der Waals surface area contributed by atoms with Gasteiger partial charge in [-0.05, 0) is 46.6 Å². The van der Waals surface area contributed by atoms with Crippen molar-refractivity contribution in [2.45, 2.75) is 52.6 Å². The molecule has 2 heterocycles. The zero-order chi connectivity index (χ0) is 15.0. The van der Waals surface area contributed by atoms with Gasteiger partial charge in [0.05, 0.1) is 5.56 Å². The third-order valence-corrected chi connectivity index (χ3v) is 4.03. The molecule has 1 aliphatic rings. The Bertz CT molecular complexity index is 546. The molecule has 1 aliphatic heterocycles. The van der Waals surface area contributed by atoms with Crippen LogP contribution >= 0.6 is 0 Å². The average molecular weight is 278 g/mol. The van der Waals surface area contributed by atoms with Crippen LogP contribution < -0.4 is 0 Å². The molecule has 0 spiro atoms. The monoisotopic (exact) mass is 278 g/mol. The first kappa shape index (κ1) is 14.6. The number of hydrogen-bond acceptors (Lipinski definition) is 2. The predicted molar refractivity (Wildman–Crippen MR) is 76.0 cm³/mol. The minimum Gasteiger partial charge on any atom is -0.480 e. The molecule has 1 saturated heterocycles. The number of rotatable bonds is 3. The highest BCUT2D eigenvalue weighted by atomic mass is 16.4. The summed E-state index contributed by atoms with van der Waals surface area (Å²) in [5, 5.41) is 9.20. The van der Waals surface area contributed by atoms with E-state index in [0.29, 0.717) is 18.5 Å². The highest BCUT2D eigenvalue weighted by Gasteiger charge is 2.35. The van der Waals surface area contributed by atoms with Crippen LogP contribution in [0.1, 0.15) is 54.5 Å². The van der Waals surface area contributed by atoms with E-state index in [4.69, 9.17) is 0 Å². The van der Waals surface area contributed by atoms with E-state index >= 15 is 0 Å². The predicted octanol–water partition coefficient (Wildman–Crippen LogP) is 2.38. The van der Waals surface area contributed by atoms with Crippen molar-refractivity contribution in [2.75, 3.05) is 6.54 Å². The number of likely N-dealkylation sites (tertiary alicyclic amines) is 1. The second-order valence-electron chi connectivity index (χ2n) is 5.74. The molecule has 20 heavy (non-hydrogen) atoms. The summed E-state index contributed by atoms with van der Waals surface area (Å²) in [6, 6.07) is 1.48. The molecule has 1 aromatic rings. The molecule has 1 N–H and O–H groups in total. The fraction of sp³-hybridized carbons (Fsp3) is 0.600. The molecule has 1 fully saturated rings. The van der Waals surface area contributed by atoms with E-state index in [1.165, 1.54) is 4.90 Å². The fourth-order valence-corrected chi connectivity index (χ4v) is 3.21. The minimum atomic E-state index is -0.909. The lowest BCUT2D eigenvalue weighted by molar-refractivity contribution is -0.141. The summed E-state index contributed by atoms with van der Waals surface area (Å²) in [5.41, 5.74) is 2.58. The van der Waals surface area contributed by atoms with E-state index in [1.807, 2.05) is 19.9 Å². The Hall–Kier alpha value is -1.78. The topological polar surface area (TPSA) is 62.5 Å². The van der Waals surface area contributed by atoms with Crippen molar-refractivity contribution in [2.24, 2.45) is 0 Å². The molecule has 2 rings (SSSR count). The molecule has 5 heteroatoms. The molecule has 1 aromatic heterocycles. The molecule has 1 atom stereocenters. The second-order valence-corrected chi connectivity index (χ2v) is 5.74. The van der Waals surface area contributed by atoms with Gasteiger partial charge in [0.2, 0.25) is 0 Å². The molecular formula is C15H22N2O3. The van der Waals surface area contributed by atoms with Crippen LogP contribution in [-0.2, 0) is 4.79 Å². The maximum atomic E-state index is 12.6. The third-order valence-electron chi connectivity index (χ3n) is 4.03. The smallest absolute Gasteiger partial charge is 0.326 e. The zero-order valence-electron chi connectivity index (χ0n) is 12.5. The van der Waals surface area contributed by atoms with Gasteiger partial charge in [-0.15, -0.1) is 0 Å². The Morgan fingerprint density at radius 2 is 2.00 bits per heavy atom. The lowest BCUT2D eigenvalue weighted by Crippen LogP contribution is -2.40. The van der Waals surface area contributed by atoms with Gasteiger partial charge in [-0.2, -0.15) is 0 Å². The lowest BCUT2D eigenvalue weighted by Gasteiger charge is -2.21. The number of amides is 1. The van der Waals surface area contributed by atoms with Gasteiger partial charge in [0.25, 0.3) is 5.91 Å². The number of aryl methyl sites for hydroxylation is 1. The standard InChI is InChI=1S/C15H22N2O3/c1-9(2)17-10(3)8-12(11(17)4)14(18)16-7-5-6-13(16)15(19)20/h8-9,13H,5-7H2,1-4H3,(H,19,20)/t13-/m0/s1. The number of nitrogens with zero attached hydrogens (tertiary/aromatic N) is 2. The van der Waals surface area contributed by atoms with Crippen LogP contribution in [0.15, 0.2) is 6.07 Å². The third kappa shape index (κ3) is 2.32. The van der Waals surface area contributed by atoms with Crippen molar-refractivity contribution < 1.29 is 14.7 Å². The lowest BCUT2D eigenvalue weighted by atomic mass is 10.2. The van der Waals surface area contributed by atoms with E-state index in [1.54, 1.807) is 0 Å². The summed E-state index contributed by atoms with van der Waals surface area (Å²) in [6.07, 6.45) is 1.30. The van der Waals surface area contributed by atoms with E-state index in [0.717, 1.165) is 17.8 Å². The van der Waals surface area contributed by atoms with Gasteiger partial charge in [0, 0.05) is 24.0 Å². The van der Waals surface area contributed by atoms with Crippen molar-refractivity contribution in [1.82, 2.24) is 9.47 Å². The van der Waals surface area contributed by atoms with Crippen LogP contribution in [0.25, 0.3) is 0 Å².